The number of carbonyl (C=O) groups excluding carboxylic acids is 2. The highest BCUT2D eigenvalue weighted by Crippen LogP contribution is 2.28. The molecule has 2 fully saturated rings. The molecule has 2 heterocycles. The zero-order valence-electron chi connectivity index (χ0n) is 17.2. The Morgan fingerprint density at radius 2 is 1.65 bits per heavy atom. The summed E-state index contributed by atoms with van der Waals surface area (Å²) >= 11 is 0. The Kier molecular flexibility index (Phi) is 6.24. The van der Waals surface area contributed by atoms with Gasteiger partial charge in [0.05, 0.1) is 22.8 Å². The fourth-order valence-electron chi connectivity index (χ4n) is 3.93. The number of hydrogen-bond acceptors (Lipinski definition) is 5. The van der Waals surface area contributed by atoms with Gasteiger partial charge in [0.15, 0.2) is 0 Å². The Bertz CT molecular complexity index is 1060. The van der Waals surface area contributed by atoms with Crippen LogP contribution in [0.25, 0.3) is 0 Å². The van der Waals surface area contributed by atoms with Crippen molar-refractivity contribution in [2.75, 3.05) is 42.9 Å². The van der Waals surface area contributed by atoms with E-state index in [0.29, 0.717) is 5.56 Å². The normalized spacial score (nSPS) is 17.8. The van der Waals surface area contributed by atoms with Gasteiger partial charge in [0.1, 0.15) is 0 Å². The van der Waals surface area contributed by atoms with Crippen LogP contribution in [0.2, 0.25) is 0 Å². The topological polar surface area (TPSA) is 98.8 Å². The molecule has 0 spiro atoms. The first-order valence-corrected chi connectivity index (χ1v) is 11.9. The van der Waals surface area contributed by atoms with E-state index in [1.165, 1.54) is 30.7 Å². The summed E-state index contributed by atoms with van der Waals surface area (Å²) in [6.07, 6.45) is 3.50. The second-order valence-electron chi connectivity index (χ2n) is 7.73. The summed E-state index contributed by atoms with van der Waals surface area (Å²) in [5, 5.41) is 5.57. The van der Waals surface area contributed by atoms with Gasteiger partial charge >= 0.3 is 0 Å². The van der Waals surface area contributed by atoms with E-state index in [4.69, 9.17) is 0 Å². The summed E-state index contributed by atoms with van der Waals surface area (Å²) in [6.45, 7) is 2.25. The first-order chi connectivity index (χ1) is 14.9. The van der Waals surface area contributed by atoms with E-state index < -0.39 is 10.0 Å². The zero-order chi connectivity index (χ0) is 21.8. The monoisotopic (exact) mass is 442 g/mol. The van der Waals surface area contributed by atoms with Gasteiger partial charge in [-0.3, -0.25) is 9.59 Å². The number of benzene rings is 2. The first-order valence-electron chi connectivity index (χ1n) is 10.5. The molecule has 31 heavy (non-hydrogen) atoms. The first kappa shape index (κ1) is 21.3. The van der Waals surface area contributed by atoms with Crippen LogP contribution in [0.5, 0.6) is 0 Å². The van der Waals surface area contributed by atoms with Crippen molar-refractivity contribution < 1.29 is 18.0 Å². The molecule has 2 amide bonds. The number of carbonyl (C=O) groups is 2. The van der Waals surface area contributed by atoms with Crippen molar-refractivity contribution in [3.8, 4) is 0 Å². The third kappa shape index (κ3) is 4.72. The molecule has 8 nitrogen and oxygen atoms in total. The average Bonchev–Trinajstić information content (AvgIpc) is 2.80. The molecular weight excluding hydrogens is 416 g/mol. The van der Waals surface area contributed by atoms with Crippen molar-refractivity contribution in [2.45, 2.75) is 24.2 Å². The van der Waals surface area contributed by atoms with Gasteiger partial charge in [0, 0.05) is 31.7 Å². The Labute approximate surface area is 182 Å². The van der Waals surface area contributed by atoms with E-state index in [9.17, 15) is 18.0 Å². The molecule has 2 aliphatic heterocycles. The molecule has 0 aromatic heterocycles. The molecule has 0 atom stereocenters. The average molecular weight is 443 g/mol. The lowest BCUT2D eigenvalue weighted by Gasteiger charge is -2.30. The fraction of sp³-hybridized carbons (Fsp3) is 0.364. The second-order valence-corrected chi connectivity index (χ2v) is 9.67. The highest BCUT2D eigenvalue weighted by molar-refractivity contribution is 7.89. The smallest absolute Gasteiger partial charge is 0.255 e. The SMILES string of the molecule is O=C1CN(S(=O)(=O)c2ccc(C(=O)Nc3ccccc3N3CCCCC3)cc2)CCN1. The van der Waals surface area contributed by atoms with Gasteiger partial charge in [-0.25, -0.2) is 8.42 Å². The minimum atomic E-state index is -3.78. The molecular formula is C22H26N4O4S. The van der Waals surface area contributed by atoms with Crippen LogP contribution in [0.1, 0.15) is 29.6 Å². The quantitative estimate of drug-likeness (QED) is 0.739. The van der Waals surface area contributed by atoms with Gasteiger partial charge in [-0.2, -0.15) is 4.31 Å². The lowest BCUT2D eigenvalue weighted by atomic mass is 10.1. The van der Waals surface area contributed by atoms with Crippen LogP contribution < -0.4 is 15.5 Å². The van der Waals surface area contributed by atoms with Crippen molar-refractivity contribution >= 4 is 33.2 Å². The summed E-state index contributed by atoms with van der Waals surface area (Å²) in [7, 11) is -3.78. The maximum absolute atomic E-state index is 12.8. The molecule has 0 bridgehead atoms. The lowest BCUT2D eigenvalue weighted by Crippen LogP contribution is -2.49. The number of sulfonamides is 1. The maximum Gasteiger partial charge on any atom is 0.255 e. The third-order valence-electron chi connectivity index (χ3n) is 5.61. The van der Waals surface area contributed by atoms with E-state index in [1.807, 2.05) is 24.3 Å². The van der Waals surface area contributed by atoms with Crippen LogP contribution in [-0.4, -0.2) is 57.3 Å². The van der Waals surface area contributed by atoms with Gasteiger partial charge in [-0.1, -0.05) is 12.1 Å². The van der Waals surface area contributed by atoms with E-state index in [-0.39, 0.29) is 36.3 Å². The fourth-order valence-corrected chi connectivity index (χ4v) is 5.33. The minimum absolute atomic E-state index is 0.0625. The van der Waals surface area contributed by atoms with E-state index in [1.54, 1.807) is 0 Å². The number of nitrogens with zero attached hydrogens (tertiary/aromatic N) is 2. The van der Waals surface area contributed by atoms with Crippen LogP contribution >= 0.6 is 0 Å². The van der Waals surface area contributed by atoms with Gasteiger partial charge in [0.2, 0.25) is 15.9 Å². The Morgan fingerprint density at radius 1 is 0.935 bits per heavy atom. The van der Waals surface area contributed by atoms with Crippen molar-refractivity contribution in [1.29, 1.82) is 0 Å². The molecule has 0 unspecified atom stereocenters. The summed E-state index contributed by atoms with van der Waals surface area (Å²) in [5.41, 5.74) is 2.10. The molecule has 2 aromatic rings. The van der Waals surface area contributed by atoms with Gasteiger partial charge in [-0.15, -0.1) is 0 Å². The Balaban J connectivity index is 1.49. The summed E-state index contributed by atoms with van der Waals surface area (Å²) in [6, 6.07) is 13.5. The summed E-state index contributed by atoms with van der Waals surface area (Å²) in [5.74, 6) is -0.621. The largest absolute Gasteiger partial charge is 0.370 e. The molecule has 2 aromatic carbocycles. The lowest BCUT2D eigenvalue weighted by molar-refractivity contribution is -0.122. The van der Waals surface area contributed by atoms with Crippen LogP contribution in [0.3, 0.4) is 0 Å². The zero-order valence-corrected chi connectivity index (χ0v) is 18.0. The van der Waals surface area contributed by atoms with Crippen LogP contribution in [0.15, 0.2) is 53.4 Å². The molecule has 2 N–H and O–H groups in total. The third-order valence-corrected chi connectivity index (χ3v) is 7.47. The number of rotatable bonds is 5. The highest BCUT2D eigenvalue weighted by Gasteiger charge is 2.29. The Hall–Kier alpha value is -2.91. The van der Waals surface area contributed by atoms with Crippen molar-refractivity contribution in [2.24, 2.45) is 0 Å². The Morgan fingerprint density at radius 3 is 2.35 bits per heavy atom. The second kappa shape index (κ2) is 9.07. The predicted octanol–water partition coefficient (Wildman–Crippen LogP) is 2.05. The summed E-state index contributed by atoms with van der Waals surface area (Å²) < 4.78 is 26.7. The number of nitrogens with one attached hydrogen (secondary N) is 2. The summed E-state index contributed by atoms with van der Waals surface area (Å²) in [4.78, 5) is 26.7. The molecule has 2 saturated heterocycles. The van der Waals surface area contributed by atoms with E-state index in [0.717, 1.165) is 41.6 Å². The van der Waals surface area contributed by atoms with E-state index in [2.05, 4.69) is 15.5 Å². The molecule has 0 aliphatic carbocycles. The molecule has 2 aliphatic rings. The molecule has 0 radical (unpaired) electrons. The predicted molar refractivity (Wildman–Crippen MR) is 119 cm³/mol. The molecule has 4 rings (SSSR count). The van der Waals surface area contributed by atoms with E-state index >= 15 is 0 Å². The number of para-hydroxylation sites is 2. The van der Waals surface area contributed by atoms with Crippen molar-refractivity contribution in [3.63, 3.8) is 0 Å². The number of hydrogen-bond donors (Lipinski definition) is 2. The molecule has 0 saturated carbocycles. The number of anilines is 2. The van der Waals surface area contributed by atoms with Crippen LogP contribution in [0, 0.1) is 0 Å². The van der Waals surface area contributed by atoms with Gasteiger partial charge in [0.25, 0.3) is 5.91 Å². The van der Waals surface area contributed by atoms with Gasteiger partial charge in [-0.05, 0) is 55.7 Å². The van der Waals surface area contributed by atoms with Crippen LogP contribution in [0.4, 0.5) is 11.4 Å². The van der Waals surface area contributed by atoms with Crippen molar-refractivity contribution in [1.82, 2.24) is 9.62 Å². The molecule has 9 heteroatoms. The highest BCUT2D eigenvalue weighted by atomic mass is 32.2. The van der Waals surface area contributed by atoms with Crippen LogP contribution in [-0.2, 0) is 14.8 Å². The van der Waals surface area contributed by atoms with Crippen molar-refractivity contribution in [3.05, 3.63) is 54.1 Å². The molecule has 164 valence electrons. The minimum Gasteiger partial charge on any atom is -0.370 e. The standard InChI is InChI=1S/C22H26N4O4S/c27-21-16-26(15-12-23-21)31(29,30)18-10-8-17(9-11-18)22(28)24-19-6-2-3-7-20(19)25-13-4-1-5-14-25/h2-3,6-11H,1,4-5,12-16H2,(H,23,27)(H,24,28). The number of piperazine rings is 1. The maximum atomic E-state index is 12.8. The number of piperidine rings is 1. The van der Waals surface area contributed by atoms with Gasteiger partial charge < -0.3 is 15.5 Å². The number of amides is 2.